The molecule has 4 rings (SSSR count). The van der Waals surface area contributed by atoms with Gasteiger partial charge in [0, 0.05) is 24.0 Å². The van der Waals surface area contributed by atoms with E-state index in [9.17, 15) is 9.90 Å². The molecule has 0 bridgehead atoms. The van der Waals surface area contributed by atoms with E-state index >= 15 is 0 Å². The Morgan fingerprint density at radius 2 is 1.91 bits per heavy atom. The SMILES string of the molecule is NC(=O)c1cnc(N[C@@H]2CCCC[C@@H]2N)nc1Nc1cccc(-c2ccc(Cl)c(O)c2)c1. The quantitative estimate of drug-likeness (QED) is 0.380. The van der Waals surface area contributed by atoms with Gasteiger partial charge in [-0.05, 0) is 48.2 Å². The van der Waals surface area contributed by atoms with Crippen molar-refractivity contribution in [1.29, 1.82) is 0 Å². The van der Waals surface area contributed by atoms with Crippen LogP contribution >= 0.6 is 11.6 Å². The lowest BCUT2D eigenvalue weighted by Crippen LogP contribution is -2.43. The number of rotatable bonds is 6. The number of carbonyl (C=O) groups excluding carboxylic acids is 1. The molecule has 1 aliphatic carbocycles. The van der Waals surface area contributed by atoms with Crippen LogP contribution in [0.3, 0.4) is 0 Å². The molecule has 0 unspecified atom stereocenters. The van der Waals surface area contributed by atoms with Crippen molar-refractivity contribution in [1.82, 2.24) is 9.97 Å². The molecule has 1 fully saturated rings. The average Bonchev–Trinajstić information content (AvgIpc) is 2.77. The van der Waals surface area contributed by atoms with Gasteiger partial charge >= 0.3 is 0 Å². The van der Waals surface area contributed by atoms with Crippen LogP contribution in [0, 0.1) is 0 Å². The van der Waals surface area contributed by atoms with Gasteiger partial charge in [0.1, 0.15) is 17.1 Å². The average molecular weight is 453 g/mol. The minimum atomic E-state index is -0.632. The number of nitrogens with two attached hydrogens (primary N) is 2. The first kappa shape index (κ1) is 21.9. The molecule has 0 saturated heterocycles. The van der Waals surface area contributed by atoms with Crippen LogP contribution in [0.15, 0.2) is 48.7 Å². The largest absolute Gasteiger partial charge is 0.506 e. The Kier molecular flexibility index (Phi) is 6.43. The number of aromatic hydroxyl groups is 1. The number of hydrogen-bond acceptors (Lipinski definition) is 7. The smallest absolute Gasteiger partial charge is 0.254 e. The summed E-state index contributed by atoms with van der Waals surface area (Å²) in [5, 5.41) is 16.7. The standard InChI is InChI=1S/C23H25ClN6O2/c24-17-9-8-14(11-20(17)31)13-4-3-5-15(10-13)28-22-16(21(26)32)12-27-23(30-22)29-19-7-2-1-6-18(19)25/h3-5,8-12,18-19,31H,1-2,6-7,25H2,(H2,26,32)(H2,27,28,29,30)/t18-,19+/m0/s1. The van der Waals surface area contributed by atoms with Crippen molar-refractivity contribution in [3.63, 3.8) is 0 Å². The van der Waals surface area contributed by atoms with E-state index in [0.29, 0.717) is 17.5 Å². The zero-order valence-electron chi connectivity index (χ0n) is 17.4. The highest BCUT2D eigenvalue weighted by molar-refractivity contribution is 6.32. The lowest BCUT2D eigenvalue weighted by atomic mass is 9.91. The summed E-state index contributed by atoms with van der Waals surface area (Å²) in [6, 6.07) is 12.6. The number of carbonyl (C=O) groups is 1. The van der Waals surface area contributed by atoms with Crippen LogP contribution in [0.4, 0.5) is 17.5 Å². The summed E-state index contributed by atoms with van der Waals surface area (Å²) >= 11 is 5.91. The van der Waals surface area contributed by atoms with E-state index in [1.54, 1.807) is 12.1 Å². The molecule has 1 aliphatic rings. The van der Waals surface area contributed by atoms with E-state index < -0.39 is 5.91 Å². The van der Waals surface area contributed by atoms with E-state index in [-0.39, 0.29) is 28.4 Å². The van der Waals surface area contributed by atoms with E-state index in [4.69, 9.17) is 23.1 Å². The Labute approximate surface area is 191 Å². The highest BCUT2D eigenvalue weighted by atomic mass is 35.5. The molecule has 0 aliphatic heterocycles. The molecular weight excluding hydrogens is 428 g/mol. The number of benzene rings is 2. The fourth-order valence-corrected chi connectivity index (χ4v) is 3.95. The highest BCUT2D eigenvalue weighted by Gasteiger charge is 2.23. The molecule has 166 valence electrons. The van der Waals surface area contributed by atoms with E-state index in [0.717, 1.165) is 36.8 Å². The van der Waals surface area contributed by atoms with Crippen LogP contribution in [0.2, 0.25) is 5.02 Å². The molecule has 2 atom stereocenters. The van der Waals surface area contributed by atoms with Gasteiger partial charge in [-0.3, -0.25) is 4.79 Å². The van der Waals surface area contributed by atoms with Crippen molar-refractivity contribution in [3.05, 3.63) is 59.2 Å². The minimum absolute atomic E-state index is 0.00554. The second-order valence-electron chi connectivity index (χ2n) is 7.89. The maximum atomic E-state index is 11.9. The van der Waals surface area contributed by atoms with Gasteiger partial charge in [-0.1, -0.05) is 42.6 Å². The molecule has 7 N–H and O–H groups in total. The number of primary amides is 1. The molecule has 1 heterocycles. The Morgan fingerprint density at radius 1 is 1.12 bits per heavy atom. The molecule has 1 amide bonds. The van der Waals surface area contributed by atoms with Gasteiger partial charge in [0.2, 0.25) is 5.95 Å². The first-order valence-corrected chi connectivity index (χ1v) is 10.8. The summed E-state index contributed by atoms with van der Waals surface area (Å²) in [5.41, 5.74) is 14.3. The number of nitrogens with one attached hydrogen (secondary N) is 2. The molecule has 8 nitrogen and oxygen atoms in total. The third-order valence-electron chi connectivity index (χ3n) is 5.59. The summed E-state index contributed by atoms with van der Waals surface area (Å²) in [5.74, 6) is 0.0623. The summed E-state index contributed by atoms with van der Waals surface area (Å²) < 4.78 is 0. The first-order valence-electron chi connectivity index (χ1n) is 10.5. The number of halogens is 1. The second kappa shape index (κ2) is 9.42. The number of nitrogens with zero attached hydrogens (tertiary/aromatic N) is 2. The van der Waals surface area contributed by atoms with Crippen LogP contribution in [0.25, 0.3) is 11.1 Å². The van der Waals surface area contributed by atoms with Gasteiger partial charge in [-0.25, -0.2) is 4.98 Å². The van der Waals surface area contributed by atoms with Gasteiger partial charge in [-0.15, -0.1) is 0 Å². The maximum Gasteiger partial charge on any atom is 0.254 e. The van der Waals surface area contributed by atoms with Gasteiger partial charge in [0.25, 0.3) is 5.91 Å². The Balaban J connectivity index is 1.61. The Hall–Kier alpha value is -3.36. The van der Waals surface area contributed by atoms with Crippen molar-refractivity contribution in [3.8, 4) is 16.9 Å². The van der Waals surface area contributed by atoms with Crippen molar-refractivity contribution in [2.45, 2.75) is 37.8 Å². The van der Waals surface area contributed by atoms with Crippen LogP contribution < -0.4 is 22.1 Å². The molecule has 3 aromatic rings. The first-order chi connectivity index (χ1) is 15.4. The van der Waals surface area contributed by atoms with Crippen LogP contribution in [-0.4, -0.2) is 33.1 Å². The van der Waals surface area contributed by atoms with E-state index in [1.165, 1.54) is 6.20 Å². The number of phenolic OH excluding ortho intramolecular Hbond substituents is 1. The van der Waals surface area contributed by atoms with Gasteiger partial charge in [0.05, 0.1) is 5.02 Å². The predicted octanol–water partition coefficient (Wildman–Crippen LogP) is 4.03. The van der Waals surface area contributed by atoms with Crippen molar-refractivity contribution >= 4 is 35.0 Å². The molecule has 32 heavy (non-hydrogen) atoms. The maximum absolute atomic E-state index is 11.9. The zero-order chi connectivity index (χ0) is 22.7. The summed E-state index contributed by atoms with van der Waals surface area (Å²) in [6.45, 7) is 0. The fraction of sp³-hybridized carbons (Fsp3) is 0.261. The zero-order valence-corrected chi connectivity index (χ0v) is 18.1. The minimum Gasteiger partial charge on any atom is -0.506 e. The molecule has 0 spiro atoms. The highest BCUT2D eigenvalue weighted by Crippen LogP contribution is 2.31. The monoisotopic (exact) mass is 452 g/mol. The number of phenols is 1. The van der Waals surface area contributed by atoms with Crippen LogP contribution in [0.1, 0.15) is 36.0 Å². The van der Waals surface area contributed by atoms with E-state index in [2.05, 4.69) is 20.6 Å². The lowest BCUT2D eigenvalue weighted by molar-refractivity contribution is 0.100. The van der Waals surface area contributed by atoms with Crippen molar-refractivity contribution < 1.29 is 9.90 Å². The van der Waals surface area contributed by atoms with Crippen molar-refractivity contribution in [2.24, 2.45) is 11.5 Å². The van der Waals surface area contributed by atoms with Gasteiger partial charge in [0.15, 0.2) is 0 Å². The molecule has 1 aromatic heterocycles. The number of anilines is 3. The second-order valence-corrected chi connectivity index (χ2v) is 8.30. The molecular formula is C23H25ClN6O2. The third-order valence-corrected chi connectivity index (χ3v) is 5.91. The third kappa shape index (κ3) is 4.92. The predicted molar refractivity (Wildman–Crippen MR) is 126 cm³/mol. The summed E-state index contributed by atoms with van der Waals surface area (Å²) in [4.78, 5) is 20.7. The van der Waals surface area contributed by atoms with Crippen LogP contribution in [-0.2, 0) is 0 Å². The number of hydrogen-bond donors (Lipinski definition) is 5. The summed E-state index contributed by atoms with van der Waals surface area (Å²) in [6.07, 6.45) is 5.53. The summed E-state index contributed by atoms with van der Waals surface area (Å²) in [7, 11) is 0. The van der Waals surface area contributed by atoms with E-state index in [1.807, 2.05) is 30.3 Å². The Bertz CT molecular complexity index is 1140. The van der Waals surface area contributed by atoms with Crippen LogP contribution in [0.5, 0.6) is 5.75 Å². The van der Waals surface area contributed by atoms with Gasteiger partial charge < -0.3 is 27.2 Å². The molecule has 1 saturated carbocycles. The fourth-order valence-electron chi connectivity index (χ4n) is 3.84. The van der Waals surface area contributed by atoms with Crippen molar-refractivity contribution in [2.75, 3.05) is 10.6 Å². The molecule has 9 heteroatoms. The Morgan fingerprint density at radius 3 is 2.66 bits per heavy atom. The number of aromatic nitrogens is 2. The lowest BCUT2D eigenvalue weighted by Gasteiger charge is -2.29. The normalized spacial score (nSPS) is 18.2. The number of amides is 1. The topological polar surface area (TPSA) is 139 Å². The molecule has 0 radical (unpaired) electrons. The van der Waals surface area contributed by atoms with Gasteiger partial charge in [-0.2, -0.15) is 4.98 Å². The molecule has 2 aromatic carbocycles.